The zero-order valence-electron chi connectivity index (χ0n) is 12.5. The maximum atomic E-state index is 12.1. The van der Waals surface area contributed by atoms with E-state index in [1.165, 1.54) is 11.3 Å². The first kappa shape index (κ1) is 15.2. The first-order valence-electron chi connectivity index (χ1n) is 6.86. The monoisotopic (exact) mass is 330 g/mol. The third kappa shape index (κ3) is 2.80. The summed E-state index contributed by atoms with van der Waals surface area (Å²) in [6.07, 6.45) is 0. The largest absolute Gasteiger partial charge is 0.322 e. The number of carbonyl (C=O) groups excluding carboxylic acids is 3. The number of anilines is 1. The van der Waals surface area contributed by atoms with Crippen molar-refractivity contribution in [1.82, 2.24) is 15.6 Å². The minimum atomic E-state index is -1.16. The van der Waals surface area contributed by atoms with E-state index in [0.29, 0.717) is 16.9 Å². The number of nitrogens with zero attached hydrogens (tertiary/aromatic N) is 1. The lowest BCUT2D eigenvalue weighted by Gasteiger charge is -2.21. The van der Waals surface area contributed by atoms with Gasteiger partial charge in [-0.25, -0.2) is 9.78 Å². The van der Waals surface area contributed by atoms with Crippen molar-refractivity contribution in [3.63, 3.8) is 0 Å². The van der Waals surface area contributed by atoms with Crippen molar-refractivity contribution in [2.24, 2.45) is 0 Å². The van der Waals surface area contributed by atoms with Crippen LogP contribution >= 0.6 is 11.3 Å². The van der Waals surface area contributed by atoms with Crippen LogP contribution in [0.3, 0.4) is 0 Å². The predicted molar refractivity (Wildman–Crippen MR) is 85.3 cm³/mol. The van der Waals surface area contributed by atoms with E-state index < -0.39 is 17.5 Å². The van der Waals surface area contributed by atoms with E-state index in [1.54, 1.807) is 36.6 Å². The third-order valence-electron chi connectivity index (χ3n) is 3.59. The second-order valence-electron chi connectivity index (χ2n) is 5.32. The van der Waals surface area contributed by atoms with E-state index in [9.17, 15) is 14.4 Å². The van der Waals surface area contributed by atoms with E-state index in [-0.39, 0.29) is 5.91 Å². The minimum absolute atomic E-state index is 0.323. The Kier molecular flexibility index (Phi) is 3.61. The van der Waals surface area contributed by atoms with Crippen LogP contribution in [0.1, 0.15) is 28.0 Å². The molecule has 2 aromatic rings. The fraction of sp³-hybridized carbons (Fsp3) is 0.200. The zero-order valence-corrected chi connectivity index (χ0v) is 13.3. The number of aryl methyl sites for hydroxylation is 1. The van der Waals surface area contributed by atoms with E-state index in [1.807, 2.05) is 6.92 Å². The molecule has 23 heavy (non-hydrogen) atoms. The molecule has 1 aromatic carbocycles. The van der Waals surface area contributed by atoms with E-state index in [2.05, 4.69) is 20.9 Å². The fourth-order valence-electron chi connectivity index (χ4n) is 2.32. The molecule has 3 rings (SSSR count). The van der Waals surface area contributed by atoms with Gasteiger partial charge in [-0.05, 0) is 31.5 Å². The second kappa shape index (κ2) is 5.47. The number of aromatic nitrogens is 1. The van der Waals surface area contributed by atoms with Crippen LogP contribution in [0.15, 0.2) is 29.6 Å². The summed E-state index contributed by atoms with van der Waals surface area (Å²) in [5, 5.41) is 10.0. The molecule has 1 saturated heterocycles. The number of carbonyl (C=O) groups is 3. The maximum absolute atomic E-state index is 12.1. The van der Waals surface area contributed by atoms with Gasteiger partial charge in [-0.3, -0.25) is 14.9 Å². The topological polar surface area (TPSA) is 100 Å². The highest BCUT2D eigenvalue weighted by Crippen LogP contribution is 2.26. The lowest BCUT2D eigenvalue weighted by molar-refractivity contribution is -0.123. The fourth-order valence-corrected chi connectivity index (χ4v) is 2.91. The highest BCUT2D eigenvalue weighted by molar-refractivity contribution is 7.09. The Labute approximate surface area is 136 Å². The van der Waals surface area contributed by atoms with Crippen molar-refractivity contribution >= 4 is 34.9 Å². The maximum Gasteiger partial charge on any atom is 0.322 e. The molecule has 1 aromatic heterocycles. The van der Waals surface area contributed by atoms with E-state index in [0.717, 1.165) is 5.01 Å². The highest BCUT2D eigenvalue weighted by atomic mass is 32.1. The van der Waals surface area contributed by atoms with Crippen LogP contribution < -0.4 is 16.0 Å². The van der Waals surface area contributed by atoms with Crippen molar-refractivity contribution in [1.29, 1.82) is 0 Å². The van der Waals surface area contributed by atoms with E-state index in [4.69, 9.17) is 0 Å². The molecule has 1 aliphatic rings. The van der Waals surface area contributed by atoms with Crippen LogP contribution in [0, 0.1) is 6.92 Å². The number of imide groups is 1. The predicted octanol–water partition coefficient (Wildman–Crippen LogP) is 1.76. The van der Waals surface area contributed by atoms with E-state index >= 15 is 0 Å². The molecule has 8 heteroatoms. The van der Waals surface area contributed by atoms with Gasteiger partial charge in [-0.1, -0.05) is 12.1 Å². The number of hydrogen-bond donors (Lipinski definition) is 3. The Balaban J connectivity index is 1.84. The van der Waals surface area contributed by atoms with Gasteiger partial charge < -0.3 is 10.6 Å². The van der Waals surface area contributed by atoms with Crippen LogP contribution in [-0.2, 0) is 10.3 Å². The second-order valence-corrected chi connectivity index (χ2v) is 6.38. The summed E-state index contributed by atoms with van der Waals surface area (Å²) in [6.45, 7) is 3.43. The van der Waals surface area contributed by atoms with Crippen molar-refractivity contribution < 1.29 is 14.4 Å². The quantitative estimate of drug-likeness (QED) is 0.747. The first-order valence-corrected chi connectivity index (χ1v) is 7.74. The molecule has 0 radical (unpaired) electrons. The Morgan fingerprint density at radius 1 is 1.35 bits per heavy atom. The van der Waals surface area contributed by atoms with Gasteiger partial charge in [0.25, 0.3) is 11.8 Å². The third-order valence-corrected chi connectivity index (χ3v) is 4.37. The van der Waals surface area contributed by atoms with Gasteiger partial charge in [-0.2, -0.15) is 0 Å². The molecular formula is C15H14N4O3S. The summed E-state index contributed by atoms with van der Waals surface area (Å²) in [5.74, 6) is -0.752. The molecule has 1 atom stereocenters. The Hall–Kier alpha value is -2.74. The average Bonchev–Trinajstić information content (AvgIpc) is 3.04. The summed E-state index contributed by atoms with van der Waals surface area (Å²) < 4.78 is 0. The lowest BCUT2D eigenvalue weighted by atomic mass is 9.92. The summed E-state index contributed by atoms with van der Waals surface area (Å²) in [6, 6.07) is 6.25. The van der Waals surface area contributed by atoms with Crippen LogP contribution in [0.25, 0.3) is 0 Å². The molecule has 2 heterocycles. The smallest absolute Gasteiger partial charge is 0.321 e. The number of benzene rings is 1. The zero-order chi connectivity index (χ0) is 16.6. The molecule has 0 bridgehead atoms. The number of rotatable bonds is 3. The van der Waals surface area contributed by atoms with Crippen LogP contribution in [0.5, 0.6) is 0 Å². The molecule has 3 N–H and O–H groups in total. The summed E-state index contributed by atoms with van der Waals surface area (Å²) in [4.78, 5) is 39.6. The number of urea groups is 1. The SMILES string of the molecule is Cc1nc(C(=O)Nc2cccc([C@@]3(C)NC(=O)NC3=O)c2)cs1. The molecule has 0 unspecified atom stereocenters. The summed E-state index contributed by atoms with van der Waals surface area (Å²) >= 11 is 1.39. The van der Waals surface area contributed by atoms with Crippen LogP contribution in [0.2, 0.25) is 0 Å². The lowest BCUT2D eigenvalue weighted by Crippen LogP contribution is -2.40. The summed E-state index contributed by atoms with van der Waals surface area (Å²) in [5.41, 5.74) is 0.284. The van der Waals surface area contributed by atoms with Crippen molar-refractivity contribution in [2.75, 3.05) is 5.32 Å². The van der Waals surface area contributed by atoms with Crippen molar-refractivity contribution in [3.8, 4) is 0 Å². The molecule has 0 aliphatic carbocycles. The number of hydrogen-bond acceptors (Lipinski definition) is 5. The van der Waals surface area contributed by atoms with Crippen molar-refractivity contribution in [2.45, 2.75) is 19.4 Å². The number of nitrogens with one attached hydrogen (secondary N) is 3. The summed E-state index contributed by atoms with van der Waals surface area (Å²) in [7, 11) is 0. The van der Waals surface area contributed by atoms with Gasteiger partial charge in [0.2, 0.25) is 0 Å². The van der Waals surface area contributed by atoms with Gasteiger partial charge in [0.05, 0.1) is 5.01 Å². The standard InChI is InChI=1S/C15H14N4O3S/c1-8-16-11(7-23-8)12(20)17-10-5-3-4-9(6-10)15(2)13(21)18-14(22)19-15/h3-7H,1-2H3,(H,17,20)(H2,18,19,21,22)/t15-/m1/s1. The Morgan fingerprint density at radius 3 is 2.74 bits per heavy atom. The van der Waals surface area contributed by atoms with Gasteiger partial charge in [-0.15, -0.1) is 11.3 Å². The molecule has 1 fully saturated rings. The van der Waals surface area contributed by atoms with Crippen LogP contribution in [-0.4, -0.2) is 22.8 Å². The number of amides is 4. The molecule has 4 amide bonds. The van der Waals surface area contributed by atoms with Crippen molar-refractivity contribution in [3.05, 3.63) is 45.9 Å². The average molecular weight is 330 g/mol. The normalized spacial score (nSPS) is 20.1. The first-order chi connectivity index (χ1) is 10.9. The Bertz CT molecular complexity index is 817. The highest BCUT2D eigenvalue weighted by Gasteiger charge is 2.43. The molecular weight excluding hydrogens is 316 g/mol. The molecule has 1 aliphatic heterocycles. The van der Waals surface area contributed by atoms with Crippen LogP contribution in [0.4, 0.5) is 10.5 Å². The minimum Gasteiger partial charge on any atom is -0.321 e. The van der Waals surface area contributed by atoms with Gasteiger partial charge in [0, 0.05) is 11.1 Å². The van der Waals surface area contributed by atoms with Gasteiger partial charge >= 0.3 is 6.03 Å². The molecule has 0 spiro atoms. The Morgan fingerprint density at radius 2 is 2.13 bits per heavy atom. The molecule has 0 saturated carbocycles. The molecule has 118 valence electrons. The number of thiazole rings is 1. The van der Waals surface area contributed by atoms with Gasteiger partial charge in [0.1, 0.15) is 11.2 Å². The van der Waals surface area contributed by atoms with Gasteiger partial charge in [0.15, 0.2) is 0 Å². The molecule has 7 nitrogen and oxygen atoms in total.